The molecule has 10 nitrogen and oxygen atoms in total. The van der Waals surface area contributed by atoms with E-state index in [2.05, 4.69) is 20.6 Å². The number of hydrogen-bond donors (Lipinski definition) is 4. The summed E-state index contributed by atoms with van der Waals surface area (Å²) in [6.45, 7) is 2.46. The Morgan fingerprint density at radius 3 is 1.27 bits per heavy atom. The lowest BCUT2D eigenvalue weighted by molar-refractivity contribution is 0.0975. The molecule has 0 saturated carbocycles. The first-order valence-electron chi connectivity index (χ1n) is 18.3. The molecule has 0 heterocycles. The summed E-state index contributed by atoms with van der Waals surface area (Å²) < 4.78 is 11.7. The number of aliphatic imine (C=N–C) groups is 2. The van der Waals surface area contributed by atoms with Gasteiger partial charge in [-0.1, -0.05) is 60.7 Å². The molecule has 1 aliphatic carbocycles. The number of hydrogen-bond acceptors (Lipinski definition) is 10. The van der Waals surface area contributed by atoms with Crippen LogP contribution < -0.4 is 20.1 Å². The molecule has 0 spiro atoms. The molecule has 0 unspecified atom stereocenters. The van der Waals surface area contributed by atoms with Crippen molar-refractivity contribution >= 4 is 35.4 Å². The molecule has 6 aromatic rings. The minimum Gasteiger partial charge on any atom is -0.507 e. The van der Waals surface area contributed by atoms with E-state index in [-0.39, 0.29) is 33.8 Å². The molecule has 7 rings (SSSR count). The summed E-state index contributed by atoms with van der Waals surface area (Å²) in [5.74, 6) is -0.372. The molecule has 280 valence electrons. The number of fused-ring (bicyclic) bond motifs is 2. The molecule has 4 N–H and O–H groups in total. The number of aromatic hydroxyl groups is 2. The number of phenolic OH excluding ortho intramolecular Hbond substituents is 2. The number of carbonyl (C=O) groups excluding carboxylic acids is 2. The number of phenols is 2. The number of rotatable bonds is 16. The fraction of sp³-hybridized carbons (Fsp3) is 0.130. The van der Waals surface area contributed by atoms with Gasteiger partial charge in [0, 0.05) is 36.9 Å². The first-order valence-corrected chi connectivity index (χ1v) is 18.3. The standard InChI is InChI=1S/C46H40N4O6/c51-39-21-22-40(52)44-43(39)45(53)41-37(49-25-23-47-27-31-11-15-35(16-12-31)55-29-33-7-3-1-4-8-33)19-20-38(42(41)46(44)54)50-26-24-48-28-32-13-17-36(18-14-32)56-30-34-9-5-2-6-10-34/h1-22,27-28,49-52H,23-26,29-30H2. The molecular formula is C46H40N4O6. The Morgan fingerprint density at radius 2 is 0.875 bits per heavy atom. The fourth-order valence-corrected chi connectivity index (χ4v) is 6.29. The van der Waals surface area contributed by atoms with Gasteiger partial charge in [0.1, 0.15) is 36.2 Å². The number of anilines is 2. The van der Waals surface area contributed by atoms with Gasteiger partial charge in [0.2, 0.25) is 11.6 Å². The molecule has 0 amide bonds. The van der Waals surface area contributed by atoms with Crippen LogP contribution in [0.15, 0.2) is 143 Å². The SMILES string of the molecule is O=C1c2c(O)ccc(O)c2C(=O)c2c(NCCN=Cc3ccc(OCc4ccccc4)cc3)ccc(NCCN=Cc3ccc(OCc4ccccc4)cc3)c21. The van der Waals surface area contributed by atoms with E-state index in [0.717, 1.165) is 33.8 Å². The highest BCUT2D eigenvalue weighted by atomic mass is 16.5. The number of nitrogens with one attached hydrogen (secondary N) is 2. The van der Waals surface area contributed by atoms with Crippen LogP contribution in [0.25, 0.3) is 0 Å². The molecule has 56 heavy (non-hydrogen) atoms. The normalized spacial score (nSPS) is 12.1. The van der Waals surface area contributed by atoms with Crippen LogP contribution in [-0.4, -0.2) is 60.4 Å². The second kappa shape index (κ2) is 17.7. The van der Waals surface area contributed by atoms with Gasteiger partial charge in [0.05, 0.1) is 35.3 Å². The Morgan fingerprint density at radius 1 is 0.482 bits per heavy atom. The average Bonchev–Trinajstić information content (AvgIpc) is 3.23. The van der Waals surface area contributed by atoms with Crippen molar-refractivity contribution in [2.75, 3.05) is 36.8 Å². The zero-order valence-electron chi connectivity index (χ0n) is 30.5. The molecule has 6 aromatic carbocycles. The lowest BCUT2D eigenvalue weighted by Gasteiger charge is -2.24. The van der Waals surface area contributed by atoms with Crippen LogP contribution in [0.3, 0.4) is 0 Å². The molecule has 1 aliphatic rings. The third kappa shape index (κ3) is 8.94. The van der Waals surface area contributed by atoms with Crippen LogP contribution >= 0.6 is 0 Å². The molecule has 0 aliphatic heterocycles. The minimum absolute atomic E-state index is 0.113. The average molecular weight is 745 g/mol. The molecule has 0 fully saturated rings. The van der Waals surface area contributed by atoms with E-state index in [0.29, 0.717) is 50.8 Å². The third-order valence-electron chi connectivity index (χ3n) is 9.13. The summed E-state index contributed by atoms with van der Waals surface area (Å²) in [5, 5.41) is 27.7. The maximum atomic E-state index is 13.9. The van der Waals surface area contributed by atoms with E-state index < -0.39 is 11.6 Å². The van der Waals surface area contributed by atoms with E-state index >= 15 is 0 Å². The number of carbonyl (C=O) groups is 2. The summed E-state index contributed by atoms with van der Waals surface area (Å²) in [6, 6.07) is 41.1. The fourth-order valence-electron chi connectivity index (χ4n) is 6.29. The van der Waals surface area contributed by atoms with Crippen molar-refractivity contribution in [3.8, 4) is 23.0 Å². The van der Waals surface area contributed by atoms with Crippen molar-refractivity contribution < 1.29 is 29.3 Å². The van der Waals surface area contributed by atoms with Gasteiger partial charge in [0.15, 0.2) is 0 Å². The second-order valence-electron chi connectivity index (χ2n) is 13.0. The van der Waals surface area contributed by atoms with Crippen LogP contribution in [0.5, 0.6) is 23.0 Å². The van der Waals surface area contributed by atoms with Gasteiger partial charge in [-0.3, -0.25) is 19.6 Å². The lowest BCUT2D eigenvalue weighted by Crippen LogP contribution is -2.25. The van der Waals surface area contributed by atoms with Gasteiger partial charge in [-0.2, -0.15) is 0 Å². The summed E-state index contributed by atoms with van der Waals surface area (Å²) in [7, 11) is 0. The highest BCUT2D eigenvalue weighted by Crippen LogP contribution is 2.42. The van der Waals surface area contributed by atoms with Gasteiger partial charge in [0.25, 0.3) is 0 Å². The zero-order valence-corrected chi connectivity index (χ0v) is 30.5. The molecule has 0 aromatic heterocycles. The molecular weight excluding hydrogens is 705 g/mol. The molecule has 0 saturated heterocycles. The smallest absolute Gasteiger partial charge is 0.200 e. The van der Waals surface area contributed by atoms with Crippen molar-refractivity contribution in [2.45, 2.75) is 13.2 Å². The first-order chi connectivity index (χ1) is 27.4. The number of ether oxygens (including phenoxy) is 2. The topological polar surface area (TPSA) is 142 Å². The van der Waals surface area contributed by atoms with Gasteiger partial charge in [-0.25, -0.2) is 0 Å². The van der Waals surface area contributed by atoms with E-state index in [1.165, 1.54) is 12.1 Å². The van der Waals surface area contributed by atoms with Crippen molar-refractivity contribution in [2.24, 2.45) is 9.98 Å². The quantitative estimate of drug-likeness (QED) is 0.0442. The summed E-state index contributed by atoms with van der Waals surface area (Å²) in [6.07, 6.45) is 3.52. The predicted octanol–water partition coefficient (Wildman–Crippen LogP) is 8.09. The molecule has 0 bridgehead atoms. The predicted molar refractivity (Wildman–Crippen MR) is 219 cm³/mol. The van der Waals surface area contributed by atoms with Crippen molar-refractivity contribution in [1.29, 1.82) is 0 Å². The Balaban J connectivity index is 0.977. The minimum atomic E-state index is -0.568. The van der Waals surface area contributed by atoms with Gasteiger partial charge >= 0.3 is 0 Å². The van der Waals surface area contributed by atoms with Gasteiger partial charge in [-0.15, -0.1) is 0 Å². The Hall–Kier alpha value is -7.20. The summed E-state index contributed by atoms with van der Waals surface area (Å²) in [5.41, 5.74) is 4.61. The lowest BCUT2D eigenvalue weighted by atomic mass is 9.81. The number of ketones is 2. The maximum Gasteiger partial charge on any atom is 0.200 e. The van der Waals surface area contributed by atoms with Crippen molar-refractivity contribution in [3.05, 3.63) is 178 Å². The molecule has 0 atom stereocenters. The van der Waals surface area contributed by atoms with Crippen LogP contribution in [0, 0.1) is 0 Å². The van der Waals surface area contributed by atoms with Crippen LogP contribution in [0.2, 0.25) is 0 Å². The van der Waals surface area contributed by atoms with Gasteiger partial charge < -0.3 is 30.3 Å². The third-order valence-corrected chi connectivity index (χ3v) is 9.13. The largest absolute Gasteiger partial charge is 0.507 e. The Labute approximate surface area is 324 Å². The van der Waals surface area contributed by atoms with Crippen LogP contribution in [0.4, 0.5) is 11.4 Å². The Kier molecular flexibility index (Phi) is 11.8. The highest BCUT2D eigenvalue weighted by Gasteiger charge is 2.37. The van der Waals surface area contributed by atoms with E-state index in [1.54, 1.807) is 24.6 Å². The number of nitrogens with zero attached hydrogens (tertiary/aromatic N) is 2. The maximum absolute atomic E-state index is 13.9. The van der Waals surface area contributed by atoms with E-state index in [4.69, 9.17) is 9.47 Å². The summed E-state index contributed by atoms with van der Waals surface area (Å²) >= 11 is 0. The van der Waals surface area contributed by atoms with E-state index in [1.807, 2.05) is 109 Å². The summed E-state index contributed by atoms with van der Waals surface area (Å²) in [4.78, 5) is 36.9. The molecule has 10 heteroatoms. The van der Waals surface area contributed by atoms with Gasteiger partial charge in [-0.05, 0) is 95.1 Å². The van der Waals surface area contributed by atoms with E-state index in [9.17, 15) is 19.8 Å². The second-order valence-corrected chi connectivity index (χ2v) is 13.0. The van der Waals surface area contributed by atoms with Crippen molar-refractivity contribution in [3.63, 3.8) is 0 Å². The number of benzene rings is 6. The van der Waals surface area contributed by atoms with Crippen molar-refractivity contribution in [1.82, 2.24) is 0 Å². The zero-order chi connectivity index (χ0) is 38.7. The molecule has 0 radical (unpaired) electrons. The van der Waals surface area contributed by atoms with Crippen LogP contribution in [0.1, 0.15) is 54.1 Å². The monoisotopic (exact) mass is 744 g/mol. The first kappa shape index (κ1) is 37.1. The Bertz CT molecular complexity index is 2190. The van der Waals surface area contributed by atoms with Crippen LogP contribution in [-0.2, 0) is 13.2 Å². The highest BCUT2D eigenvalue weighted by molar-refractivity contribution is 6.33.